The summed E-state index contributed by atoms with van der Waals surface area (Å²) in [5.74, 6) is -1.75. The van der Waals surface area contributed by atoms with Gasteiger partial charge in [0.25, 0.3) is 5.91 Å². The van der Waals surface area contributed by atoms with Crippen LogP contribution in [-0.4, -0.2) is 71.5 Å². The van der Waals surface area contributed by atoms with Crippen LogP contribution in [0.15, 0.2) is 35.1 Å². The zero-order valence-electron chi connectivity index (χ0n) is 19.6. The number of likely N-dealkylation sites (tertiary alicyclic amines) is 1. The Balaban J connectivity index is 1.69. The molecule has 178 valence electrons. The van der Waals surface area contributed by atoms with Crippen molar-refractivity contribution < 1.29 is 18.4 Å². The molecule has 0 radical (unpaired) electrons. The molecule has 0 bridgehead atoms. The highest BCUT2D eigenvalue weighted by Crippen LogP contribution is 2.36. The molecule has 1 aromatic carbocycles. The van der Waals surface area contributed by atoms with Crippen LogP contribution in [0, 0.1) is 17.0 Å². The van der Waals surface area contributed by atoms with Gasteiger partial charge < -0.3 is 20.0 Å². The zero-order chi connectivity index (χ0) is 23.9. The van der Waals surface area contributed by atoms with E-state index < -0.39 is 35.2 Å². The maximum Gasteiger partial charge on any atom is 0.272 e. The number of benzene rings is 1. The quantitative estimate of drug-likeness (QED) is 0.752. The summed E-state index contributed by atoms with van der Waals surface area (Å²) >= 11 is 0. The second kappa shape index (κ2) is 8.76. The molecule has 33 heavy (non-hydrogen) atoms. The van der Waals surface area contributed by atoms with Crippen LogP contribution in [0.4, 0.5) is 8.78 Å². The lowest BCUT2D eigenvalue weighted by molar-refractivity contribution is -0.141. The van der Waals surface area contributed by atoms with E-state index in [0.29, 0.717) is 25.3 Å². The SMILES string of the molecule is CN1C=C2C(C(=O)NC(C(=O)N3CCC3)C(C)(C)C)=N[C@@H](c3cc(F)ccc3F)N2CCC1. The molecule has 3 aliphatic heterocycles. The van der Waals surface area contributed by atoms with Crippen LogP contribution in [0.25, 0.3) is 0 Å². The fraction of sp³-hybridized carbons (Fsp3) is 0.542. The molecule has 2 amide bonds. The minimum absolute atomic E-state index is 0.0808. The van der Waals surface area contributed by atoms with Crippen LogP contribution in [0.3, 0.4) is 0 Å². The largest absolute Gasteiger partial charge is 0.379 e. The van der Waals surface area contributed by atoms with Crippen LogP contribution in [-0.2, 0) is 9.59 Å². The number of aliphatic imine (C=N–C) groups is 1. The van der Waals surface area contributed by atoms with Gasteiger partial charge in [0.1, 0.15) is 23.4 Å². The van der Waals surface area contributed by atoms with Crippen LogP contribution in [0.2, 0.25) is 0 Å². The Morgan fingerprint density at radius 3 is 2.45 bits per heavy atom. The molecule has 1 N–H and O–H groups in total. The first-order valence-corrected chi connectivity index (χ1v) is 11.4. The highest BCUT2D eigenvalue weighted by molar-refractivity contribution is 6.46. The molecule has 1 aromatic rings. The number of carbonyl (C=O) groups is 2. The molecule has 3 aliphatic rings. The van der Waals surface area contributed by atoms with Crippen molar-refractivity contribution in [2.24, 2.45) is 10.4 Å². The summed E-state index contributed by atoms with van der Waals surface area (Å²) in [5, 5.41) is 2.90. The van der Waals surface area contributed by atoms with E-state index >= 15 is 0 Å². The number of fused-ring (bicyclic) bond motifs is 1. The second-order valence-corrected chi connectivity index (χ2v) is 10.0. The number of nitrogens with zero attached hydrogens (tertiary/aromatic N) is 4. The predicted molar refractivity (Wildman–Crippen MR) is 121 cm³/mol. The molecular weight excluding hydrogens is 428 g/mol. The molecule has 2 atom stereocenters. The van der Waals surface area contributed by atoms with Gasteiger partial charge in [-0.3, -0.25) is 9.59 Å². The monoisotopic (exact) mass is 459 g/mol. The molecule has 1 unspecified atom stereocenters. The van der Waals surface area contributed by atoms with E-state index in [-0.39, 0.29) is 17.2 Å². The molecule has 0 aliphatic carbocycles. The van der Waals surface area contributed by atoms with E-state index in [1.807, 2.05) is 43.8 Å². The molecule has 9 heteroatoms. The Labute approximate surface area is 193 Å². The Bertz CT molecular complexity index is 1010. The molecule has 7 nitrogen and oxygen atoms in total. The molecule has 1 fully saturated rings. The van der Waals surface area contributed by atoms with Crippen LogP contribution in [0.5, 0.6) is 0 Å². The Hall–Kier alpha value is -2.97. The number of hydrogen-bond donors (Lipinski definition) is 1. The predicted octanol–water partition coefficient (Wildman–Crippen LogP) is 2.66. The van der Waals surface area contributed by atoms with Crippen molar-refractivity contribution in [1.29, 1.82) is 0 Å². The number of carbonyl (C=O) groups excluding carboxylic acids is 2. The molecule has 0 saturated carbocycles. The number of hydrogen-bond acceptors (Lipinski definition) is 5. The third-order valence-electron chi connectivity index (χ3n) is 6.36. The van der Waals surface area contributed by atoms with E-state index in [0.717, 1.165) is 37.6 Å². The van der Waals surface area contributed by atoms with Crippen molar-refractivity contribution in [3.8, 4) is 0 Å². The van der Waals surface area contributed by atoms with Gasteiger partial charge in [-0.2, -0.15) is 0 Å². The van der Waals surface area contributed by atoms with E-state index in [1.54, 1.807) is 4.90 Å². The first kappa shape index (κ1) is 23.2. The molecular formula is C24H31F2N5O2. The van der Waals surface area contributed by atoms with Gasteiger partial charge in [0.2, 0.25) is 5.91 Å². The van der Waals surface area contributed by atoms with Crippen molar-refractivity contribution in [2.75, 3.05) is 33.2 Å². The first-order valence-electron chi connectivity index (χ1n) is 11.4. The average Bonchev–Trinajstić information content (AvgIpc) is 2.91. The zero-order valence-corrected chi connectivity index (χ0v) is 19.6. The summed E-state index contributed by atoms with van der Waals surface area (Å²) in [4.78, 5) is 36.6. The molecule has 3 heterocycles. The van der Waals surface area contributed by atoms with E-state index in [4.69, 9.17) is 0 Å². The highest BCUT2D eigenvalue weighted by atomic mass is 19.1. The third-order valence-corrected chi connectivity index (χ3v) is 6.36. The first-order chi connectivity index (χ1) is 15.6. The van der Waals surface area contributed by atoms with Crippen molar-refractivity contribution in [2.45, 2.75) is 45.8 Å². The highest BCUT2D eigenvalue weighted by Gasteiger charge is 2.42. The lowest BCUT2D eigenvalue weighted by atomic mass is 9.85. The van der Waals surface area contributed by atoms with E-state index in [1.165, 1.54) is 0 Å². The lowest BCUT2D eigenvalue weighted by Crippen LogP contribution is -2.58. The van der Waals surface area contributed by atoms with Crippen LogP contribution < -0.4 is 5.32 Å². The van der Waals surface area contributed by atoms with E-state index in [9.17, 15) is 18.4 Å². The molecule has 4 rings (SSSR count). The Morgan fingerprint density at radius 2 is 1.82 bits per heavy atom. The Morgan fingerprint density at radius 1 is 1.12 bits per heavy atom. The van der Waals surface area contributed by atoms with Crippen molar-refractivity contribution in [1.82, 2.24) is 20.0 Å². The van der Waals surface area contributed by atoms with Crippen molar-refractivity contribution >= 4 is 17.5 Å². The number of halogens is 2. The summed E-state index contributed by atoms with van der Waals surface area (Å²) in [5.41, 5.74) is 0.245. The fourth-order valence-corrected chi connectivity index (χ4v) is 4.36. The topological polar surface area (TPSA) is 68.2 Å². The second-order valence-electron chi connectivity index (χ2n) is 10.0. The number of amides is 2. The van der Waals surface area contributed by atoms with Gasteiger partial charge in [-0.05, 0) is 36.5 Å². The van der Waals surface area contributed by atoms with Gasteiger partial charge in [-0.15, -0.1) is 0 Å². The van der Waals surface area contributed by atoms with Gasteiger partial charge in [0.15, 0.2) is 6.17 Å². The maximum absolute atomic E-state index is 14.6. The standard InChI is InChI=1S/C24H31F2N5O2/c1-24(2,3)20(23(33)30-10-6-11-30)28-22(32)19-18-14-29(4)9-5-12-31(18)21(27-19)16-13-15(25)7-8-17(16)26/h7-8,13-14,20-21H,5-6,9-12H2,1-4H3,(H,28,32)/t20?,21-/m1/s1. The minimum Gasteiger partial charge on any atom is -0.379 e. The van der Waals surface area contributed by atoms with Crippen molar-refractivity contribution in [3.63, 3.8) is 0 Å². The third kappa shape index (κ3) is 4.58. The minimum atomic E-state index is -0.849. The summed E-state index contributed by atoms with van der Waals surface area (Å²) in [6, 6.07) is 2.54. The summed E-state index contributed by atoms with van der Waals surface area (Å²) in [6.07, 6.45) is 2.69. The average molecular weight is 460 g/mol. The van der Waals surface area contributed by atoms with Gasteiger partial charge in [-0.1, -0.05) is 20.8 Å². The molecule has 0 spiro atoms. The summed E-state index contributed by atoms with van der Waals surface area (Å²) in [6.45, 7) is 8.38. The summed E-state index contributed by atoms with van der Waals surface area (Å²) in [7, 11) is 1.90. The van der Waals surface area contributed by atoms with Gasteiger partial charge in [-0.25, -0.2) is 13.8 Å². The van der Waals surface area contributed by atoms with Gasteiger partial charge in [0, 0.05) is 45.0 Å². The molecule has 0 aromatic heterocycles. The van der Waals surface area contributed by atoms with Crippen LogP contribution >= 0.6 is 0 Å². The molecule has 1 saturated heterocycles. The van der Waals surface area contributed by atoms with Gasteiger partial charge in [0.05, 0.1) is 5.70 Å². The van der Waals surface area contributed by atoms with E-state index in [2.05, 4.69) is 10.3 Å². The normalized spacial score (nSPS) is 21.5. The van der Waals surface area contributed by atoms with Gasteiger partial charge >= 0.3 is 0 Å². The lowest BCUT2D eigenvalue weighted by Gasteiger charge is -2.39. The number of nitrogens with one attached hydrogen (secondary N) is 1. The summed E-state index contributed by atoms with van der Waals surface area (Å²) < 4.78 is 28.6. The van der Waals surface area contributed by atoms with Crippen molar-refractivity contribution in [3.05, 3.63) is 47.3 Å². The number of rotatable bonds is 4. The van der Waals surface area contributed by atoms with Crippen LogP contribution in [0.1, 0.15) is 45.3 Å². The fourth-order valence-electron chi connectivity index (χ4n) is 4.36. The smallest absolute Gasteiger partial charge is 0.272 e. The Kier molecular flexibility index (Phi) is 6.16. The maximum atomic E-state index is 14.6.